The average molecular weight is 266 g/mol. The monoisotopic (exact) mass is 265 g/mol. The number of fused-ring (bicyclic) bond motifs is 1. The van der Waals surface area contributed by atoms with E-state index >= 15 is 0 Å². The van der Waals surface area contributed by atoms with E-state index in [0.717, 1.165) is 31.9 Å². The zero-order valence-corrected chi connectivity index (χ0v) is 10.9. The fourth-order valence-corrected chi connectivity index (χ4v) is 3.04. The van der Waals surface area contributed by atoms with Crippen LogP contribution in [0.3, 0.4) is 0 Å². The van der Waals surface area contributed by atoms with Gasteiger partial charge in [-0.3, -0.25) is 4.79 Å². The number of halogens is 1. The van der Waals surface area contributed by atoms with Crippen molar-refractivity contribution < 1.29 is 9.53 Å². The smallest absolute Gasteiger partial charge is 0.227 e. The Morgan fingerprint density at radius 1 is 1.33 bits per heavy atom. The Bertz CT molecular complexity index is 451. The molecule has 0 N–H and O–H groups in total. The quantitative estimate of drug-likeness (QED) is 0.818. The van der Waals surface area contributed by atoms with Crippen molar-refractivity contribution in [2.75, 3.05) is 26.3 Å². The van der Waals surface area contributed by atoms with E-state index in [9.17, 15) is 4.79 Å². The molecule has 96 valence electrons. The van der Waals surface area contributed by atoms with Gasteiger partial charge in [0.1, 0.15) is 0 Å². The third kappa shape index (κ3) is 2.38. The molecule has 1 amide bonds. The van der Waals surface area contributed by atoms with E-state index in [1.54, 1.807) is 0 Å². The van der Waals surface area contributed by atoms with E-state index in [-0.39, 0.29) is 5.91 Å². The highest BCUT2D eigenvalue weighted by molar-refractivity contribution is 6.30. The Hall–Kier alpha value is -1.06. The maximum absolute atomic E-state index is 12.2. The molecule has 0 unspecified atom stereocenters. The number of carbonyl (C=O) groups is 1. The largest absolute Gasteiger partial charge is 0.381 e. The van der Waals surface area contributed by atoms with E-state index in [2.05, 4.69) is 0 Å². The molecule has 2 fully saturated rings. The number of nitrogens with zero attached hydrogens (tertiary/aromatic N) is 1. The van der Waals surface area contributed by atoms with Gasteiger partial charge in [-0.1, -0.05) is 23.7 Å². The molecule has 0 spiro atoms. The van der Waals surface area contributed by atoms with Crippen LogP contribution in [0.1, 0.15) is 5.56 Å². The van der Waals surface area contributed by atoms with Gasteiger partial charge in [0.05, 0.1) is 19.6 Å². The summed E-state index contributed by atoms with van der Waals surface area (Å²) in [7, 11) is 0. The molecule has 2 aliphatic heterocycles. The van der Waals surface area contributed by atoms with Crippen LogP contribution in [0.15, 0.2) is 24.3 Å². The van der Waals surface area contributed by atoms with Crippen LogP contribution in [0, 0.1) is 11.8 Å². The second kappa shape index (κ2) is 4.90. The number of benzene rings is 1. The normalized spacial score (nSPS) is 26.4. The molecule has 2 aliphatic rings. The summed E-state index contributed by atoms with van der Waals surface area (Å²) in [6, 6.07) is 7.52. The summed E-state index contributed by atoms with van der Waals surface area (Å²) >= 11 is 5.92. The van der Waals surface area contributed by atoms with Crippen molar-refractivity contribution in [3.63, 3.8) is 0 Å². The van der Waals surface area contributed by atoms with Gasteiger partial charge in [-0.15, -0.1) is 0 Å². The van der Waals surface area contributed by atoms with E-state index in [4.69, 9.17) is 16.3 Å². The first-order chi connectivity index (χ1) is 8.72. The number of ether oxygens (including phenoxy) is 1. The van der Waals surface area contributed by atoms with Crippen LogP contribution in [0.5, 0.6) is 0 Å². The molecule has 2 atom stereocenters. The van der Waals surface area contributed by atoms with Gasteiger partial charge in [0.2, 0.25) is 5.91 Å². The minimum Gasteiger partial charge on any atom is -0.381 e. The lowest BCUT2D eigenvalue weighted by Crippen LogP contribution is -2.31. The molecule has 3 rings (SSSR count). The van der Waals surface area contributed by atoms with E-state index < -0.39 is 0 Å². The van der Waals surface area contributed by atoms with Crippen molar-refractivity contribution in [1.29, 1.82) is 0 Å². The molecule has 18 heavy (non-hydrogen) atoms. The van der Waals surface area contributed by atoms with Crippen molar-refractivity contribution in [2.45, 2.75) is 6.42 Å². The SMILES string of the molecule is O=C(Cc1cccc(Cl)c1)N1C[C@H]2COC[C@H]2C1. The molecule has 2 saturated heterocycles. The summed E-state index contributed by atoms with van der Waals surface area (Å²) in [5.74, 6) is 1.30. The highest BCUT2D eigenvalue weighted by atomic mass is 35.5. The molecule has 4 heteroatoms. The van der Waals surface area contributed by atoms with Crippen molar-refractivity contribution in [3.8, 4) is 0 Å². The van der Waals surface area contributed by atoms with Crippen LogP contribution in [0.25, 0.3) is 0 Å². The van der Waals surface area contributed by atoms with Gasteiger partial charge in [0.15, 0.2) is 0 Å². The van der Waals surface area contributed by atoms with Gasteiger partial charge in [0.25, 0.3) is 0 Å². The van der Waals surface area contributed by atoms with Gasteiger partial charge >= 0.3 is 0 Å². The Morgan fingerprint density at radius 3 is 2.72 bits per heavy atom. The fraction of sp³-hybridized carbons (Fsp3) is 0.500. The zero-order valence-electron chi connectivity index (χ0n) is 10.1. The lowest BCUT2D eigenvalue weighted by molar-refractivity contribution is -0.129. The molecule has 3 nitrogen and oxygen atoms in total. The standard InChI is InChI=1S/C14H16ClNO2/c15-13-3-1-2-10(4-13)5-14(17)16-6-11-8-18-9-12(11)7-16/h1-4,11-12H,5-9H2/t11-,12+. The lowest BCUT2D eigenvalue weighted by Gasteiger charge is -2.17. The third-order valence-electron chi connectivity index (χ3n) is 3.84. The molecule has 0 aliphatic carbocycles. The van der Waals surface area contributed by atoms with Crippen LogP contribution in [-0.2, 0) is 16.0 Å². The molecule has 2 heterocycles. The predicted molar refractivity (Wildman–Crippen MR) is 69.5 cm³/mol. The summed E-state index contributed by atoms with van der Waals surface area (Å²) in [6.07, 6.45) is 0.445. The highest BCUT2D eigenvalue weighted by Crippen LogP contribution is 2.29. The van der Waals surface area contributed by atoms with E-state index in [1.165, 1.54) is 0 Å². The number of rotatable bonds is 2. The summed E-state index contributed by atoms with van der Waals surface area (Å²) in [5.41, 5.74) is 0.987. The first kappa shape index (κ1) is 12.0. The highest BCUT2D eigenvalue weighted by Gasteiger charge is 2.38. The summed E-state index contributed by atoms with van der Waals surface area (Å²) < 4.78 is 5.42. The van der Waals surface area contributed by atoms with Gasteiger partial charge in [-0.05, 0) is 17.7 Å². The molecule has 1 aromatic rings. The molecular weight excluding hydrogens is 250 g/mol. The van der Waals surface area contributed by atoms with Crippen LogP contribution < -0.4 is 0 Å². The Morgan fingerprint density at radius 2 is 2.06 bits per heavy atom. The Kier molecular flexibility index (Phi) is 3.27. The van der Waals surface area contributed by atoms with Gasteiger partial charge in [-0.2, -0.15) is 0 Å². The molecule has 0 radical (unpaired) electrons. The van der Waals surface area contributed by atoms with Crippen LogP contribution in [-0.4, -0.2) is 37.1 Å². The Balaban J connectivity index is 1.62. The second-order valence-corrected chi connectivity index (χ2v) is 5.60. The first-order valence-corrected chi connectivity index (χ1v) is 6.70. The molecule has 1 aromatic carbocycles. The third-order valence-corrected chi connectivity index (χ3v) is 4.07. The van der Waals surface area contributed by atoms with Gasteiger partial charge in [-0.25, -0.2) is 0 Å². The van der Waals surface area contributed by atoms with Crippen molar-refractivity contribution in [1.82, 2.24) is 4.90 Å². The van der Waals surface area contributed by atoms with Gasteiger partial charge < -0.3 is 9.64 Å². The summed E-state index contributed by atoms with van der Waals surface area (Å²) in [5, 5.41) is 0.687. The van der Waals surface area contributed by atoms with Crippen molar-refractivity contribution in [2.24, 2.45) is 11.8 Å². The fourth-order valence-electron chi connectivity index (χ4n) is 2.82. The summed E-state index contributed by atoms with van der Waals surface area (Å²) in [4.78, 5) is 14.2. The number of hydrogen-bond donors (Lipinski definition) is 0. The average Bonchev–Trinajstić information content (AvgIpc) is 2.88. The van der Waals surface area contributed by atoms with Crippen LogP contribution in [0.4, 0.5) is 0 Å². The van der Waals surface area contributed by atoms with Crippen LogP contribution in [0.2, 0.25) is 5.02 Å². The molecule has 0 saturated carbocycles. The molecular formula is C14H16ClNO2. The maximum Gasteiger partial charge on any atom is 0.227 e. The lowest BCUT2D eigenvalue weighted by atomic mass is 10.0. The van der Waals surface area contributed by atoms with Crippen molar-refractivity contribution in [3.05, 3.63) is 34.9 Å². The van der Waals surface area contributed by atoms with E-state index in [0.29, 0.717) is 23.3 Å². The molecule has 0 bridgehead atoms. The minimum atomic E-state index is 0.201. The number of amides is 1. The van der Waals surface area contributed by atoms with Crippen molar-refractivity contribution >= 4 is 17.5 Å². The number of likely N-dealkylation sites (tertiary alicyclic amines) is 1. The minimum absolute atomic E-state index is 0.201. The predicted octanol–water partition coefficient (Wildman–Crippen LogP) is 1.99. The van der Waals surface area contributed by atoms with E-state index in [1.807, 2.05) is 29.2 Å². The number of carbonyl (C=O) groups excluding carboxylic acids is 1. The Labute approximate surface area is 112 Å². The number of hydrogen-bond acceptors (Lipinski definition) is 2. The van der Waals surface area contributed by atoms with Crippen LogP contribution >= 0.6 is 11.6 Å². The van der Waals surface area contributed by atoms with Gasteiger partial charge in [0, 0.05) is 29.9 Å². The first-order valence-electron chi connectivity index (χ1n) is 6.32. The molecule has 0 aromatic heterocycles. The zero-order chi connectivity index (χ0) is 12.5. The second-order valence-electron chi connectivity index (χ2n) is 5.16. The maximum atomic E-state index is 12.2. The topological polar surface area (TPSA) is 29.5 Å². The summed E-state index contributed by atoms with van der Waals surface area (Å²) in [6.45, 7) is 3.32.